The van der Waals surface area contributed by atoms with Crippen LogP contribution in [-0.2, 0) is 20.9 Å². The van der Waals surface area contributed by atoms with Gasteiger partial charge in [0.25, 0.3) is 0 Å². The number of hydrogen-bond acceptors (Lipinski definition) is 8. The van der Waals surface area contributed by atoms with E-state index >= 15 is 0 Å². The number of anilines is 1. The third-order valence-electron chi connectivity index (χ3n) is 3.55. The van der Waals surface area contributed by atoms with E-state index in [0.717, 1.165) is 16.9 Å². The van der Waals surface area contributed by atoms with Crippen molar-refractivity contribution < 1.29 is 23.8 Å². The number of nitrogens with two attached hydrogens (primary N) is 1. The SMILES string of the molecule is CCOC(=O)c1sc(N)c(C#N)c1COC(=O)CCOc1cccc(C)c1. The van der Waals surface area contributed by atoms with Crippen molar-refractivity contribution in [2.45, 2.75) is 26.9 Å². The predicted molar refractivity (Wildman–Crippen MR) is 100 cm³/mol. The number of thiophene rings is 1. The van der Waals surface area contributed by atoms with Crippen LogP contribution < -0.4 is 10.5 Å². The molecule has 0 amide bonds. The normalized spacial score (nSPS) is 10.1. The van der Waals surface area contributed by atoms with Gasteiger partial charge >= 0.3 is 11.9 Å². The van der Waals surface area contributed by atoms with Crippen LogP contribution in [0.5, 0.6) is 5.75 Å². The van der Waals surface area contributed by atoms with Gasteiger partial charge in [0, 0.05) is 5.56 Å². The van der Waals surface area contributed by atoms with Crippen molar-refractivity contribution in [3.05, 3.63) is 45.8 Å². The highest BCUT2D eigenvalue weighted by atomic mass is 32.1. The maximum absolute atomic E-state index is 12.0. The minimum absolute atomic E-state index is 0.0319. The molecular weight excluding hydrogens is 368 g/mol. The van der Waals surface area contributed by atoms with Gasteiger partial charge in [-0.15, -0.1) is 11.3 Å². The molecule has 0 unspecified atom stereocenters. The largest absolute Gasteiger partial charge is 0.493 e. The van der Waals surface area contributed by atoms with E-state index in [9.17, 15) is 14.9 Å². The lowest BCUT2D eigenvalue weighted by Gasteiger charge is -2.08. The summed E-state index contributed by atoms with van der Waals surface area (Å²) in [6, 6.07) is 9.42. The predicted octanol–water partition coefficient (Wildman–Crippen LogP) is 3.20. The summed E-state index contributed by atoms with van der Waals surface area (Å²) < 4.78 is 15.7. The summed E-state index contributed by atoms with van der Waals surface area (Å²) in [4.78, 5) is 24.1. The molecule has 0 fully saturated rings. The molecule has 0 spiro atoms. The molecule has 0 aliphatic rings. The zero-order valence-corrected chi connectivity index (χ0v) is 15.9. The Kier molecular flexibility index (Phi) is 7.20. The summed E-state index contributed by atoms with van der Waals surface area (Å²) in [6.45, 7) is 3.74. The molecule has 27 heavy (non-hydrogen) atoms. The van der Waals surface area contributed by atoms with Gasteiger partial charge in [0.1, 0.15) is 28.3 Å². The highest BCUT2D eigenvalue weighted by Gasteiger charge is 2.23. The van der Waals surface area contributed by atoms with Crippen molar-refractivity contribution in [2.24, 2.45) is 0 Å². The Bertz CT molecular complexity index is 869. The van der Waals surface area contributed by atoms with Crippen LogP contribution in [0.3, 0.4) is 0 Å². The minimum Gasteiger partial charge on any atom is -0.493 e. The lowest BCUT2D eigenvalue weighted by molar-refractivity contribution is -0.145. The quantitative estimate of drug-likeness (QED) is 0.691. The van der Waals surface area contributed by atoms with E-state index in [0.29, 0.717) is 5.75 Å². The Labute approximate surface area is 161 Å². The fraction of sp³-hybridized carbons (Fsp3) is 0.316. The molecule has 142 valence electrons. The Morgan fingerprint density at radius 2 is 2.07 bits per heavy atom. The van der Waals surface area contributed by atoms with E-state index in [4.69, 9.17) is 19.9 Å². The first-order chi connectivity index (χ1) is 13.0. The zero-order valence-electron chi connectivity index (χ0n) is 15.1. The van der Waals surface area contributed by atoms with E-state index in [1.807, 2.05) is 31.2 Å². The second kappa shape index (κ2) is 9.59. The molecule has 1 aromatic carbocycles. The second-order valence-corrected chi connectivity index (χ2v) is 6.61. The average molecular weight is 388 g/mol. The summed E-state index contributed by atoms with van der Waals surface area (Å²) in [5.41, 5.74) is 7.23. The van der Waals surface area contributed by atoms with Crippen molar-refractivity contribution in [1.82, 2.24) is 0 Å². The van der Waals surface area contributed by atoms with E-state index < -0.39 is 11.9 Å². The monoisotopic (exact) mass is 388 g/mol. The van der Waals surface area contributed by atoms with E-state index in [1.165, 1.54) is 0 Å². The molecular formula is C19H20N2O5S. The van der Waals surface area contributed by atoms with Crippen LogP contribution in [0.25, 0.3) is 0 Å². The number of carbonyl (C=O) groups is 2. The lowest BCUT2D eigenvalue weighted by atomic mass is 10.1. The summed E-state index contributed by atoms with van der Waals surface area (Å²) in [5.74, 6) is -0.430. The second-order valence-electron chi connectivity index (χ2n) is 5.56. The van der Waals surface area contributed by atoms with E-state index in [1.54, 1.807) is 13.0 Å². The number of nitriles is 1. The highest BCUT2D eigenvalue weighted by molar-refractivity contribution is 7.18. The van der Waals surface area contributed by atoms with Gasteiger partial charge in [0.05, 0.1) is 25.2 Å². The minimum atomic E-state index is -0.593. The lowest BCUT2D eigenvalue weighted by Crippen LogP contribution is -2.12. The van der Waals surface area contributed by atoms with Crippen LogP contribution in [0.4, 0.5) is 5.00 Å². The number of nitrogens with zero attached hydrogens (tertiary/aromatic N) is 1. The van der Waals surface area contributed by atoms with Gasteiger partial charge in [-0.25, -0.2) is 4.79 Å². The Morgan fingerprint density at radius 1 is 1.30 bits per heavy atom. The summed E-state index contributed by atoms with van der Waals surface area (Å²) >= 11 is 0.946. The first-order valence-electron chi connectivity index (χ1n) is 8.29. The molecule has 0 aliphatic carbocycles. The van der Waals surface area contributed by atoms with Gasteiger partial charge in [0.15, 0.2) is 0 Å². The van der Waals surface area contributed by atoms with Gasteiger partial charge in [-0.05, 0) is 31.5 Å². The van der Waals surface area contributed by atoms with Crippen molar-refractivity contribution >= 4 is 28.3 Å². The van der Waals surface area contributed by atoms with Gasteiger partial charge in [-0.2, -0.15) is 5.26 Å². The first-order valence-corrected chi connectivity index (χ1v) is 9.11. The molecule has 7 nitrogen and oxygen atoms in total. The number of hydrogen-bond donors (Lipinski definition) is 1. The Hall–Kier alpha value is -3.05. The molecule has 1 aromatic heterocycles. The smallest absolute Gasteiger partial charge is 0.348 e. The van der Waals surface area contributed by atoms with Crippen molar-refractivity contribution in [3.8, 4) is 11.8 Å². The molecule has 0 atom stereocenters. The van der Waals surface area contributed by atoms with Crippen molar-refractivity contribution in [2.75, 3.05) is 18.9 Å². The van der Waals surface area contributed by atoms with Gasteiger partial charge in [-0.3, -0.25) is 4.79 Å². The Balaban J connectivity index is 1.94. The maximum atomic E-state index is 12.0. The number of rotatable bonds is 8. The van der Waals surface area contributed by atoms with Crippen molar-refractivity contribution in [1.29, 1.82) is 5.26 Å². The number of ether oxygens (including phenoxy) is 3. The first kappa shape index (κ1) is 20.3. The molecule has 8 heteroatoms. The molecule has 0 radical (unpaired) electrons. The van der Waals surface area contributed by atoms with Gasteiger partial charge < -0.3 is 19.9 Å². The number of carbonyl (C=O) groups excluding carboxylic acids is 2. The van der Waals surface area contributed by atoms with E-state index in [2.05, 4.69) is 0 Å². The fourth-order valence-electron chi connectivity index (χ4n) is 2.29. The molecule has 0 saturated heterocycles. The third kappa shape index (κ3) is 5.46. The molecule has 2 rings (SSSR count). The maximum Gasteiger partial charge on any atom is 0.348 e. The number of benzene rings is 1. The number of esters is 2. The summed E-state index contributed by atoms with van der Waals surface area (Å²) in [6.07, 6.45) is 0.0319. The van der Waals surface area contributed by atoms with Gasteiger partial charge in [0.2, 0.25) is 0 Å². The summed E-state index contributed by atoms with van der Waals surface area (Å²) in [5, 5.41) is 9.43. The number of nitrogen functional groups attached to an aromatic ring is 1. The summed E-state index contributed by atoms with van der Waals surface area (Å²) in [7, 11) is 0. The molecule has 0 aliphatic heterocycles. The Morgan fingerprint density at radius 3 is 2.74 bits per heavy atom. The average Bonchev–Trinajstić information content (AvgIpc) is 2.96. The fourth-order valence-corrected chi connectivity index (χ4v) is 3.21. The molecule has 1 heterocycles. The third-order valence-corrected chi connectivity index (χ3v) is 4.59. The van der Waals surface area contributed by atoms with Gasteiger partial charge in [-0.1, -0.05) is 12.1 Å². The van der Waals surface area contributed by atoms with Crippen LogP contribution >= 0.6 is 11.3 Å². The van der Waals surface area contributed by atoms with E-state index in [-0.39, 0.29) is 47.2 Å². The highest BCUT2D eigenvalue weighted by Crippen LogP contribution is 2.31. The molecule has 2 N–H and O–H groups in total. The van der Waals surface area contributed by atoms with Crippen LogP contribution in [0.1, 0.15) is 39.7 Å². The standard InChI is InChI=1S/C19H20N2O5S/c1-3-24-19(23)17-15(14(10-20)18(21)27-17)11-26-16(22)7-8-25-13-6-4-5-12(2)9-13/h4-6,9H,3,7-8,11,21H2,1-2H3. The number of aryl methyl sites for hydroxylation is 1. The zero-order chi connectivity index (χ0) is 19.8. The molecule has 2 aromatic rings. The van der Waals surface area contributed by atoms with Crippen LogP contribution in [0.15, 0.2) is 24.3 Å². The van der Waals surface area contributed by atoms with Crippen molar-refractivity contribution in [3.63, 3.8) is 0 Å². The van der Waals surface area contributed by atoms with Crippen LogP contribution in [0, 0.1) is 18.3 Å². The molecule has 0 saturated carbocycles. The molecule has 0 bridgehead atoms. The van der Waals surface area contributed by atoms with Crippen LogP contribution in [0.2, 0.25) is 0 Å². The van der Waals surface area contributed by atoms with Crippen LogP contribution in [-0.4, -0.2) is 25.2 Å². The topological polar surface area (TPSA) is 112 Å².